The Morgan fingerprint density at radius 1 is 0.893 bits per heavy atom. The van der Waals surface area contributed by atoms with Crippen molar-refractivity contribution < 1.29 is 19.9 Å². The fourth-order valence-corrected chi connectivity index (χ4v) is 3.29. The SMILES string of the molecule is O=C(O)c1ccccc1C(S)c1ccc(CN(O)C(=O)c2ccccc2)cc1. The van der Waals surface area contributed by atoms with Gasteiger partial charge in [-0.1, -0.05) is 60.7 Å². The van der Waals surface area contributed by atoms with E-state index in [1.807, 2.05) is 12.1 Å². The molecule has 0 spiro atoms. The Kier molecular flexibility index (Phi) is 6.13. The van der Waals surface area contributed by atoms with E-state index in [-0.39, 0.29) is 12.1 Å². The van der Waals surface area contributed by atoms with Gasteiger partial charge in [0.05, 0.1) is 17.4 Å². The quantitative estimate of drug-likeness (QED) is 0.329. The van der Waals surface area contributed by atoms with Crippen molar-refractivity contribution in [3.8, 4) is 0 Å². The number of hydrogen-bond acceptors (Lipinski definition) is 4. The average Bonchev–Trinajstić information content (AvgIpc) is 2.73. The van der Waals surface area contributed by atoms with Crippen molar-refractivity contribution in [2.24, 2.45) is 0 Å². The highest BCUT2D eigenvalue weighted by molar-refractivity contribution is 7.80. The predicted octanol–water partition coefficient (Wildman–Crippen LogP) is 4.44. The summed E-state index contributed by atoms with van der Waals surface area (Å²) in [5, 5.41) is 19.7. The van der Waals surface area contributed by atoms with Crippen molar-refractivity contribution in [3.63, 3.8) is 0 Å². The molecular formula is C22H19NO4S. The second-order valence-electron chi connectivity index (χ2n) is 6.27. The molecule has 0 aromatic heterocycles. The fraction of sp³-hybridized carbons (Fsp3) is 0.0909. The monoisotopic (exact) mass is 393 g/mol. The maximum Gasteiger partial charge on any atom is 0.336 e. The van der Waals surface area contributed by atoms with Crippen LogP contribution in [0.4, 0.5) is 0 Å². The lowest BCUT2D eigenvalue weighted by molar-refractivity contribution is -0.0648. The molecule has 1 amide bonds. The van der Waals surface area contributed by atoms with Gasteiger partial charge < -0.3 is 5.11 Å². The molecule has 3 aromatic carbocycles. The number of hydrogen-bond donors (Lipinski definition) is 3. The minimum atomic E-state index is -0.999. The lowest BCUT2D eigenvalue weighted by Gasteiger charge is -2.17. The molecule has 2 N–H and O–H groups in total. The standard InChI is InChI=1S/C22H19NO4S/c24-21(17-6-2-1-3-7-17)23(27)14-15-10-12-16(13-11-15)20(28)18-8-4-5-9-19(18)22(25)26/h1-13,20,27-28H,14H2,(H,25,26). The Bertz CT molecular complexity index is 973. The molecule has 0 radical (unpaired) electrons. The van der Waals surface area contributed by atoms with E-state index < -0.39 is 17.1 Å². The second-order valence-corrected chi connectivity index (χ2v) is 6.78. The maximum atomic E-state index is 12.2. The molecule has 0 saturated carbocycles. The van der Waals surface area contributed by atoms with E-state index in [0.717, 1.165) is 11.1 Å². The molecule has 1 unspecified atom stereocenters. The first-order chi connectivity index (χ1) is 13.5. The molecule has 0 aliphatic carbocycles. The first-order valence-electron chi connectivity index (χ1n) is 8.62. The Balaban J connectivity index is 1.73. The molecule has 0 saturated heterocycles. The Labute approximate surface area is 168 Å². The van der Waals surface area contributed by atoms with Crippen LogP contribution in [0.3, 0.4) is 0 Å². The molecule has 0 aliphatic rings. The van der Waals surface area contributed by atoms with Crippen LogP contribution in [0.15, 0.2) is 78.9 Å². The minimum Gasteiger partial charge on any atom is -0.478 e. The molecule has 5 nitrogen and oxygen atoms in total. The highest BCUT2D eigenvalue weighted by Gasteiger charge is 2.18. The van der Waals surface area contributed by atoms with Crippen molar-refractivity contribution in [2.45, 2.75) is 11.8 Å². The smallest absolute Gasteiger partial charge is 0.336 e. The summed E-state index contributed by atoms with van der Waals surface area (Å²) in [7, 11) is 0. The zero-order valence-corrected chi connectivity index (χ0v) is 15.8. The van der Waals surface area contributed by atoms with E-state index in [1.54, 1.807) is 66.7 Å². The Hall–Kier alpha value is -3.09. The first kappa shape index (κ1) is 19.7. The summed E-state index contributed by atoms with van der Waals surface area (Å²) in [6, 6.07) is 22.5. The molecule has 3 rings (SSSR count). The van der Waals surface area contributed by atoms with Crippen LogP contribution in [-0.4, -0.2) is 27.3 Å². The van der Waals surface area contributed by atoms with E-state index in [1.165, 1.54) is 0 Å². The summed E-state index contributed by atoms with van der Waals surface area (Å²) < 4.78 is 0. The number of hydroxylamine groups is 2. The van der Waals surface area contributed by atoms with Crippen LogP contribution in [0.25, 0.3) is 0 Å². The molecule has 3 aromatic rings. The van der Waals surface area contributed by atoms with E-state index in [2.05, 4.69) is 12.6 Å². The lowest BCUT2D eigenvalue weighted by atomic mass is 9.98. The summed E-state index contributed by atoms with van der Waals surface area (Å²) in [6.45, 7) is 0.0386. The number of carboxylic acids is 1. The van der Waals surface area contributed by atoms with Gasteiger partial charge in [-0.05, 0) is 34.9 Å². The topological polar surface area (TPSA) is 77.8 Å². The molecule has 0 aliphatic heterocycles. The molecule has 1 atom stereocenters. The van der Waals surface area contributed by atoms with Gasteiger partial charge in [0.15, 0.2) is 0 Å². The third-order valence-corrected chi connectivity index (χ3v) is 4.95. The van der Waals surface area contributed by atoms with Crippen molar-refractivity contribution in [1.29, 1.82) is 0 Å². The van der Waals surface area contributed by atoms with E-state index in [0.29, 0.717) is 16.2 Å². The van der Waals surface area contributed by atoms with Crippen molar-refractivity contribution in [2.75, 3.05) is 0 Å². The van der Waals surface area contributed by atoms with Crippen LogP contribution >= 0.6 is 12.6 Å². The highest BCUT2D eigenvalue weighted by Crippen LogP contribution is 2.31. The van der Waals surface area contributed by atoms with Crippen LogP contribution in [0.2, 0.25) is 0 Å². The van der Waals surface area contributed by atoms with Gasteiger partial charge >= 0.3 is 5.97 Å². The number of carbonyl (C=O) groups is 2. The van der Waals surface area contributed by atoms with Crippen molar-refractivity contribution in [3.05, 3.63) is 107 Å². The molecule has 0 bridgehead atoms. The van der Waals surface area contributed by atoms with Gasteiger partial charge in [-0.3, -0.25) is 10.0 Å². The molecule has 28 heavy (non-hydrogen) atoms. The predicted molar refractivity (Wildman–Crippen MR) is 109 cm³/mol. The van der Waals surface area contributed by atoms with Crippen LogP contribution in [0, 0.1) is 0 Å². The maximum absolute atomic E-state index is 12.2. The van der Waals surface area contributed by atoms with Gasteiger partial charge in [-0.25, -0.2) is 9.86 Å². The van der Waals surface area contributed by atoms with Gasteiger partial charge in [0.25, 0.3) is 5.91 Å². The Morgan fingerprint density at radius 3 is 2.14 bits per heavy atom. The van der Waals surface area contributed by atoms with Gasteiger partial charge in [0.2, 0.25) is 0 Å². The number of aromatic carboxylic acids is 1. The number of nitrogens with zero attached hydrogens (tertiary/aromatic N) is 1. The molecule has 142 valence electrons. The van der Waals surface area contributed by atoms with Crippen molar-refractivity contribution >= 4 is 24.5 Å². The number of benzene rings is 3. The van der Waals surface area contributed by atoms with Crippen LogP contribution in [-0.2, 0) is 6.54 Å². The van der Waals surface area contributed by atoms with Gasteiger partial charge in [-0.15, -0.1) is 0 Å². The number of amides is 1. The summed E-state index contributed by atoms with van der Waals surface area (Å²) in [5.74, 6) is -1.48. The number of carboxylic acid groups (broad SMARTS) is 1. The Morgan fingerprint density at radius 2 is 1.50 bits per heavy atom. The molecule has 0 fully saturated rings. The highest BCUT2D eigenvalue weighted by atomic mass is 32.1. The largest absolute Gasteiger partial charge is 0.478 e. The van der Waals surface area contributed by atoms with E-state index >= 15 is 0 Å². The third-order valence-electron chi connectivity index (χ3n) is 4.37. The zero-order chi connectivity index (χ0) is 20.1. The second kappa shape index (κ2) is 8.73. The molecule has 0 heterocycles. The first-order valence-corrected chi connectivity index (χ1v) is 9.14. The summed E-state index contributed by atoms with van der Waals surface area (Å²) in [5.41, 5.74) is 2.78. The number of carbonyl (C=O) groups excluding carboxylic acids is 1. The van der Waals surface area contributed by atoms with Crippen LogP contribution < -0.4 is 0 Å². The van der Waals surface area contributed by atoms with Crippen LogP contribution in [0.5, 0.6) is 0 Å². The lowest BCUT2D eigenvalue weighted by Crippen LogP contribution is -2.26. The summed E-state index contributed by atoms with van der Waals surface area (Å²) in [6.07, 6.45) is 0. The summed E-state index contributed by atoms with van der Waals surface area (Å²) in [4.78, 5) is 23.6. The van der Waals surface area contributed by atoms with Gasteiger partial charge in [0.1, 0.15) is 0 Å². The van der Waals surface area contributed by atoms with Gasteiger partial charge in [0, 0.05) is 5.56 Å². The number of thiol groups is 1. The van der Waals surface area contributed by atoms with Crippen LogP contribution in [0.1, 0.15) is 42.7 Å². The summed E-state index contributed by atoms with van der Waals surface area (Å²) >= 11 is 4.58. The molecular weight excluding hydrogens is 374 g/mol. The van der Waals surface area contributed by atoms with E-state index in [9.17, 15) is 19.9 Å². The minimum absolute atomic E-state index is 0.0386. The zero-order valence-electron chi connectivity index (χ0n) is 14.9. The van der Waals surface area contributed by atoms with Crippen molar-refractivity contribution in [1.82, 2.24) is 5.06 Å². The third kappa shape index (κ3) is 4.42. The average molecular weight is 393 g/mol. The normalized spacial score (nSPS) is 11.6. The van der Waals surface area contributed by atoms with E-state index in [4.69, 9.17) is 0 Å². The number of rotatable bonds is 6. The fourth-order valence-electron chi connectivity index (χ4n) is 2.89. The molecule has 6 heteroatoms. The van der Waals surface area contributed by atoms with Gasteiger partial charge in [-0.2, -0.15) is 12.6 Å².